The van der Waals surface area contributed by atoms with Crippen molar-refractivity contribution < 1.29 is 38.0 Å². The number of carbonyl (C=O) groups excluding carboxylic acids is 2. The van der Waals surface area contributed by atoms with Gasteiger partial charge in [0.1, 0.15) is 6.61 Å². The smallest absolute Gasteiger partial charge is 0.307 e. The average molecular weight is 322 g/mol. The molecule has 0 amide bonds. The molecule has 0 saturated heterocycles. The molecule has 0 bridgehead atoms. The summed E-state index contributed by atoms with van der Waals surface area (Å²) in [7, 11) is 1.34. The van der Waals surface area contributed by atoms with Gasteiger partial charge in [-0.15, -0.1) is 0 Å². The van der Waals surface area contributed by atoms with Crippen molar-refractivity contribution in [2.75, 3.05) is 66.6 Å². The van der Waals surface area contributed by atoms with Crippen LogP contribution in [0.2, 0.25) is 0 Å². The van der Waals surface area contributed by atoms with Crippen LogP contribution in [0.15, 0.2) is 0 Å². The molecule has 130 valence electrons. The van der Waals surface area contributed by atoms with Crippen molar-refractivity contribution >= 4 is 11.9 Å². The molecular formula is C14H26O8. The number of rotatable bonds is 15. The molecule has 0 unspecified atom stereocenters. The summed E-state index contributed by atoms with van der Waals surface area (Å²) in [4.78, 5) is 21.2. The normalized spacial score (nSPS) is 10.5. The third-order valence-electron chi connectivity index (χ3n) is 2.33. The minimum atomic E-state index is -0.314. The molecule has 0 heterocycles. The van der Waals surface area contributed by atoms with Gasteiger partial charge in [0.15, 0.2) is 0 Å². The largest absolute Gasteiger partial charge is 0.469 e. The van der Waals surface area contributed by atoms with Gasteiger partial charge in [-0.25, -0.2) is 0 Å². The van der Waals surface area contributed by atoms with Crippen molar-refractivity contribution in [3.63, 3.8) is 0 Å². The summed E-state index contributed by atoms with van der Waals surface area (Å²) >= 11 is 0. The van der Waals surface area contributed by atoms with Crippen molar-refractivity contribution in [3.05, 3.63) is 0 Å². The van der Waals surface area contributed by atoms with Crippen LogP contribution in [0.25, 0.3) is 0 Å². The van der Waals surface area contributed by atoms with E-state index in [1.165, 1.54) is 14.0 Å². The number of hydrogen-bond donors (Lipinski definition) is 0. The van der Waals surface area contributed by atoms with Gasteiger partial charge in [0.05, 0.1) is 66.4 Å². The summed E-state index contributed by atoms with van der Waals surface area (Å²) < 4.78 is 30.1. The molecule has 0 radical (unpaired) electrons. The van der Waals surface area contributed by atoms with E-state index in [-0.39, 0.29) is 25.0 Å². The standard InChI is InChI=1S/C14H26O8/c1-13(15)22-12-11-21-10-9-20-8-7-19-6-5-18-4-3-14(16)17-2/h3-12H2,1-2H3. The monoisotopic (exact) mass is 322 g/mol. The Kier molecular flexibility index (Phi) is 15.3. The number of esters is 2. The molecule has 0 aliphatic heterocycles. The maximum Gasteiger partial charge on any atom is 0.307 e. The van der Waals surface area contributed by atoms with Crippen molar-refractivity contribution in [1.82, 2.24) is 0 Å². The highest BCUT2D eigenvalue weighted by atomic mass is 16.6. The Morgan fingerprint density at radius 2 is 1.09 bits per heavy atom. The van der Waals surface area contributed by atoms with Gasteiger partial charge in [-0.2, -0.15) is 0 Å². The first-order chi connectivity index (χ1) is 10.7. The number of hydrogen-bond acceptors (Lipinski definition) is 8. The van der Waals surface area contributed by atoms with Crippen LogP contribution in [-0.4, -0.2) is 78.5 Å². The summed E-state index contributed by atoms with van der Waals surface area (Å²) in [5.41, 5.74) is 0. The molecule has 0 aromatic carbocycles. The fraction of sp³-hybridized carbons (Fsp3) is 0.857. The lowest BCUT2D eigenvalue weighted by atomic mass is 10.5. The van der Waals surface area contributed by atoms with Gasteiger partial charge >= 0.3 is 11.9 Å². The molecule has 0 spiro atoms. The summed E-state index contributed by atoms with van der Waals surface area (Å²) in [5.74, 6) is -0.601. The Labute approximate surface area is 130 Å². The first kappa shape index (κ1) is 20.8. The van der Waals surface area contributed by atoms with Crippen LogP contribution in [0.1, 0.15) is 13.3 Å². The zero-order chi connectivity index (χ0) is 16.5. The first-order valence-corrected chi connectivity index (χ1v) is 7.18. The lowest BCUT2D eigenvalue weighted by molar-refractivity contribution is -0.143. The minimum absolute atomic E-state index is 0.247. The average Bonchev–Trinajstić information content (AvgIpc) is 2.50. The van der Waals surface area contributed by atoms with Crippen LogP contribution in [-0.2, 0) is 38.0 Å². The number of ether oxygens (including phenoxy) is 6. The lowest BCUT2D eigenvalue weighted by Gasteiger charge is -2.07. The van der Waals surface area contributed by atoms with Gasteiger partial charge in [0.25, 0.3) is 0 Å². The fourth-order valence-corrected chi connectivity index (χ4v) is 1.26. The van der Waals surface area contributed by atoms with Crippen LogP contribution in [0.4, 0.5) is 0 Å². The SMILES string of the molecule is COC(=O)CCOCCOCCOCCOCCOC(C)=O. The van der Waals surface area contributed by atoms with E-state index in [0.717, 1.165) is 0 Å². The van der Waals surface area contributed by atoms with Crippen molar-refractivity contribution in [3.8, 4) is 0 Å². The zero-order valence-corrected chi connectivity index (χ0v) is 13.3. The molecule has 0 atom stereocenters. The van der Waals surface area contributed by atoms with Crippen LogP contribution >= 0.6 is 0 Å². The molecule has 0 aliphatic rings. The molecule has 0 fully saturated rings. The Hall–Kier alpha value is -1.22. The summed E-state index contributed by atoms with van der Waals surface area (Å²) in [6.45, 7) is 5.02. The molecule has 0 rings (SSSR count). The van der Waals surface area contributed by atoms with Crippen LogP contribution in [0.5, 0.6) is 0 Å². The topological polar surface area (TPSA) is 89.5 Å². The van der Waals surface area contributed by atoms with Crippen LogP contribution < -0.4 is 0 Å². The van der Waals surface area contributed by atoms with E-state index in [1.54, 1.807) is 0 Å². The second kappa shape index (κ2) is 16.2. The maximum atomic E-state index is 10.8. The quantitative estimate of drug-likeness (QED) is 0.311. The molecule has 0 aromatic rings. The molecule has 0 aliphatic carbocycles. The molecule has 0 saturated carbocycles. The Morgan fingerprint density at radius 1 is 0.682 bits per heavy atom. The van der Waals surface area contributed by atoms with E-state index in [1.807, 2.05) is 0 Å². The van der Waals surface area contributed by atoms with E-state index >= 15 is 0 Å². The van der Waals surface area contributed by atoms with Gasteiger partial charge in [-0.05, 0) is 0 Å². The molecule has 8 nitrogen and oxygen atoms in total. The molecule has 22 heavy (non-hydrogen) atoms. The molecular weight excluding hydrogens is 296 g/mol. The Balaban J connectivity index is 3.02. The third kappa shape index (κ3) is 16.8. The first-order valence-electron chi connectivity index (χ1n) is 7.18. The summed E-state index contributed by atoms with van der Waals surface area (Å²) in [6, 6.07) is 0. The Morgan fingerprint density at radius 3 is 1.50 bits per heavy atom. The van der Waals surface area contributed by atoms with E-state index in [2.05, 4.69) is 4.74 Å². The number of methoxy groups -OCH3 is 1. The maximum absolute atomic E-state index is 10.8. The van der Waals surface area contributed by atoms with E-state index in [0.29, 0.717) is 52.9 Å². The second-order valence-corrected chi connectivity index (χ2v) is 4.12. The van der Waals surface area contributed by atoms with Gasteiger partial charge in [-0.3, -0.25) is 9.59 Å². The number of carbonyl (C=O) groups is 2. The highest BCUT2D eigenvalue weighted by Crippen LogP contribution is 1.87. The van der Waals surface area contributed by atoms with E-state index in [9.17, 15) is 9.59 Å². The lowest BCUT2D eigenvalue weighted by Crippen LogP contribution is -2.14. The molecule has 0 aromatic heterocycles. The second-order valence-electron chi connectivity index (χ2n) is 4.12. The minimum Gasteiger partial charge on any atom is -0.469 e. The van der Waals surface area contributed by atoms with Crippen molar-refractivity contribution in [2.24, 2.45) is 0 Å². The highest BCUT2D eigenvalue weighted by molar-refractivity contribution is 5.69. The van der Waals surface area contributed by atoms with Crippen molar-refractivity contribution in [1.29, 1.82) is 0 Å². The predicted octanol–water partition coefficient (Wildman–Crippen LogP) is 0.179. The summed E-state index contributed by atoms with van der Waals surface area (Å²) in [5, 5.41) is 0. The van der Waals surface area contributed by atoms with Gasteiger partial charge < -0.3 is 28.4 Å². The molecule has 8 heteroatoms. The Bertz CT molecular complexity index is 282. The van der Waals surface area contributed by atoms with Crippen LogP contribution in [0.3, 0.4) is 0 Å². The van der Waals surface area contributed by atoms with Gasteiger partial charge in [-0.1, -0.05) is 0 Å². The van der Waals surface area contributed by atoms with E-state index in [4.69, 9.17) is 23.7 Å². The third-order valence-corrected chi connectivity index (χ3v) is 2.33. The molecule has 0 N–H and O–H groups in total. The van der Waals surface area contributed by atoms with Crippen LogP contribution in [0, 0.1) is 0 Å². The van der Waals surface area contributed by atoms with E-state index < -0.39 is 0 Å². The van der Waals surface area contributed by atoms with Crippen molar-refractivity contribution in [2.45, 2.75) is 13.3 Å². The summed E-state index contributed by atoms with van der Waals surface area (Å²) in [6.07, 6.45) is 0.247. The highest BCUT2D eigenvalue weighted by Gasteiger charge is 1.99. The zero-order valence-electron chi connectivity index (χ0n) is 13.3. The van der Waals surface area contributed by atoms with Gasteiger partial charge in [0.2, 0.25) is 0 Å². The fourth-order valence-electron chi connectivity index (χ4n) is 1.26. The predicted molar refractivity (Wildman–Crippen MR) is 76.5 cm³/mol. The van der Waals surface area contributed by atoms with Gasteiger partial charge in [0, 0.05) is 6.92 Å².